The van der Waals surface area contributed by atoms with E-state index in [-0.39, 0.29) is 0 Å². The molecule has 18 heavy (non-hydrogen) atoms. The predicted molar refractivity (Wildman–Crippen MR) is 69.1 cm³/mol. The standard InChI is InChI=1S/C11H22NO5P/c1-3-4-5-6-17-11(13)10(12)7-9(2)8-18(14,15)16/h7,10H,3-6,8,12H2,1-2H3,(H2,14,15,16)/b9-7+. The maximum Gasteiger partial charge on any atom is 0.329 e. The fourth-order valence-corrected chi connectivity index (χ4v) is 2.13. The molecule has 6 nitrogen and oxygen atoms in total. The molecule has 4 N–H and O–H groups in total. The fraction of sp³-hybridized carbons (Fsp3) is 0.727. The van der Waals surface area contributed by atoms with Crippen LogP contribution >= 0.6 is 7.60 Å². The lowest BCUT2D eigenvalue weighted by Gasteiger charge is -2.10. The van der Waals surface area contributed by atoms with Gasteiger partial charge in [-0.25, -0.2) is 0 Å². The molecule has 1 atom stereocenters. The van der Waals surface area contributed by atoms with Gasteiger partial charge in [-0.3, -0.25) is 9.36 Å². The van der Waals surface area contributed by atoms with E-state index in [1.165, 1.54) is 13.0 Å². The summed E-state index contributed by atoms with van der Waals surface area (Å²) < 4.78 is 15.7. The van der Waals surface area contributed by atoms with Gasteiger partial charge in [0.25, 0.3) is 0 Å². The largest absolute Gasteiger partial charge is 0.464 e. The van der Waals surface area contributed by atoms with Crippen molar-refractivity contribution in [3.8, 4) is 0 Å². The average molecular weight is 279 g/mol. The van der Waals surface area contributed by atoms with Gasteiger partial charge in [0, 0.05) is 0 Å². The quantitative estimate of drug-likeness (QED) is 0.266. The molecule has 0 aromatic carbocycles. The Bertz CT molecular complexity index is 336. The Morgan fingerprint density at radius 1 is 1.44 bits per heavy atom. The van der Waals surface area contributed by atoms with Gasteiger partial charge in [-0.15, -0.1) is 0 Å². The van der Waals surface area contributed by atoms with Gasteiger partial charge in [-0.05, 0) is 13.3 Å². The van der Waals surface area contributed by atoms with Crippen LogP contribution in [0.5, 0.6) is 0 Å². The second-order valence-corrected chi connectivity index (χ2v) is 5.88. The number of allylic oxidation sites excluding steroid dienone is 1. The predicted octanol–water partition coefficient (Wildman–Crippen LogP) is 1.17. The molecule has 0 aliphatic heterocycles. The van der Waals surface area contributed by atoms with Crippen LogP contribution in [0, 0.1) is 0 Å². The molecule has 106 valence electrons. The van der Waals surface area contributed by atoms with E-state index in [0.717, 1.165) is 19.3 Å². The molecular formula is C11H22NO5P. The normalized spacial score (nSPS) is 14.4. The number of carbonyl (C=O) groups excluding carboxylic acids is 1. The maximum atomic E-state index is 11.4. The maximum absolute atomic E-state index is 11.4. The molecule has 7 heteroatoms. The number of unbranched alkanes of at least 4 members (excludes halogenated alkanes) is 2. The van der Waals surface area contributed by atoms with Gasteiger partial charge in [0.1, 0.15) is 6.04 Å². The molecule has 1 unspecified atom stereocenters. The van der Waals surface area contributed by atoms with E-state index in [9.17, 15) is 9.36 Å². The van der Waals surface area contributed by atoms with E-state index in [2.05, 4.69) is 0 Å². The first-order valence-corrected chi connectivity index (χ1v) is 7.70. The summed E-state index contributed by atoms with van der Waals surface area (Å²) in [5, 5.41) is 0. The number of esters is 1. The smallest absolute Gasteiger partial charge is 0.329 e. The second-order valence-electron chi connectivity index (χ2n) is 4.24. The summed E-state index contributed by atoms with van der Waals surface area (Å²) in [5.74, 6) is -0.573. The van der Waals surface area contributed by atoms with Crippen molar-refractivity contribution in [2.45, 2.75) is 39.2 Å². The Balaban J connectivity index is 4.13. The van der Waals surface area contributed by atoms with Crippen molar-refractivity contribution in [1.82, 2.24) is 0 Å². The van der Waals surface area contributed by atoms with Crippen LogP contribution < -0.4 is 5.73 Å². The van der Waals surface area contributed by atoms with E-state index < -0.39 is 25.8 Å². The number of hydrogen-bond donors (Lipinski definition) is 3. The molecular weight excluding hydrogens is 257 g/mol. The second kappa shape index (κ2) is 8.43. The molecule has 0 rings (SSSR count). The van der Waals surface area contributed by atoms with Gasteiger partial charge in [0.15, 0.2) is 0 Å². The third-order valence-electron chi connectivity index (χ3n) is 2.18. The molecule has 0 radical (unpaired) electrons. The lowest BCUT2D eigenvalue weighted by molar-refractivity contribution is -0.144. The molecule has 0 aromatic rings. The van der Waals surface area contributed by atoms with Gasteiger partial charge in [-0.2, -0.15) is 0 Å². The summed E-state index contributed by atoms with van der Waals surface area (Å²) in [7, 11) is -4.11. The van der Waals surface area contributed by atoms with Crippen LogP contribution in [0.2, 0.25) is 0 Å². The first kappa shape index (κ1) is 17.3. The molecule has 0 amide bonds. The first-order valence-electron chi connectivity index (χ1n) is 5.90. The Morgan fingerprint density at radius 3 is 2.56 bits per heavy atom. The number of ether oxygens (including phenoxy) is 1. The summed E-state index contributed by atoms with van der Waals surface area (Å²) in [6.45, 7) is 3.89. The zero-order valence-corrected chi connectivity index (χ0v) is 11.7. The Hall–Kier alpha value is -0.680. The minimum Gasteiger partial charge on any atom is -0.464 e. The van der Waals surface area contributed by atoms with E-state index in [1.807, 2.05) is 6.92 Å². The monoisotopic (exact) mass is 279 g/mol. The summed E-state index contributed by atoms with van der Waals surface area (Å²) >= 11 is 0. The topological polar surface area (TPSA) is 110 Å². The van der Waals surface area contributed by atoms with Crippen molar-refractivity contribution in [2.75, 3.05) is 12.8 Å². The highest BCUT2D eigenvalue weighted by atomic mass is 31.2. The van der Waals surface area contributed by atoms with Crippen LogP contribution in [0.25, 0.3) is 0 Å². The van der Waals surface area contributed by atoms with Crippen molar-refractivity contribution in [3.63, 3.8) is 0 Å². The number of nitrogens with two attached hydrogens (primary N) is 1. The number of rotatable bonds is 8. The lowest BCUT2D eigenvalue weighted by atomic mass is 10.2. The highest BCUT2D eigenvalue weighted by Crippen LogP contribution is 2.36. The fourth-order valence-electron chi connectivity index (χ4n) is 1.37. The van der Waals surface area contributed by atoms with Crippen molar-refractivity contribution < 1.29 is 23.9 Å². The summed E-state index contributed by atoms with van der Waals surface area (Å²) in [6, 6.07) is -0.974. The Labute approximate surface area is 107 Å². The van der Waals surface area contributed by atoms with E-state index >= 15 is 0 Å². The zero-order valence-electron chi connectivity index (χ0n) is 10.8. The van der Waals surface area contributed by atoms with E-state index in [1.54, 1.807) is 0 Å². The van der Waals surface area contributed by atoms with Crippen molar-refractivity contribution in [1.29, 1.82) is 0 Å². The first-order chi connectivity index (χ1) is 8.26. The van der Waals surface area contributed by atoms with Crippen molar-refractivity contribution in [2.24, 2.45) is 5.73 Å². The zero-order chi connectivity index (χ0) is 14.2. The molecule has 0 heterocycles. The minimum absolute atomic E-state index is 0.325. The minimum atomic E-state index is -4.11. The molecule has 0 fully saturated rings. The summed E-state index contributed by atoms with van der Waals surface area (Å²) in [6.07, 6.45) is 3.73. The number of hydrogen-bond acceptors (Lipinski definition) is 4. The van der Waals surface area contributed by atoms with Gasteiger partial charge in [0.2, 0.25) is 0 Å². The Kier molecular flexibility index (Phi) is 8.11. The van der Waals surface area contributed by atoms with Crippen LogP contribution in [0.15, 0.2) is 11.6 Å². The van der Waals surface area contributed by atoms with Gasteiger partial charge >= 0.3 is 13.6 Å². The highest BCUT2D eigenvalue weighted by Gasteiger charge is 2.17. The van der Waals surface area contributed by atoms with E-state index in [0.29, 0.717) is 12.2 Å². The molecule has 0 saturated carbocycles. The molecule has 0 aliphatic carbocycles. The molecule has 0 saturated heterocycles. The molecule has 0 bridgehead atoms. The number of carbonyl (C=O) groups is 1. The van der Waals surface area contributed by atoms with Crippen LogP contribution in [0.4, 0.5) is 0 Å². The van der Waals surface area contributed by atoms with Gasteiger partial charge < -0.3 is 20.3 Å². The van der Waals surface area contributed by atoms with Crippen molar-refractivity contribution >= 4 is 13.6 Å². The lowest BCUT2D eigenvalue weighted by Crippen LogP contribution is -2.31. The summed E-state index contributed by atoms with van der Waals surface area (Å²) in [4.78, 5) is 28.9. The van der Waals surface area contributed by atoms with Gasteiger partial charge in [0.05, 0.1) is 12.8 Å². The highest BCUT2D eigenvalue weighted by molar-refractivity contribution is 7.52. The van der Waals surface area contributed by atoms with Crippen LogP contribution in [0.3, 0.4) is 0 Å². The van der Waals surface area contributed by atoms with Crippen LogP contribution in [0.1, 0.15) is 33.1 Å². The van der Waals surface area contributed by atoms with E-state index in [4.69, 9.17) is 20.3 Å². The molecule has 0 aliphatic rings. The SMILES string of the molecule is CCCCCOC(=O)C(N)/C=C(\C)CP(=O)(O)O. The third-order valence-corrected chi connectivity index (χ3v) is 3.09. The molecule has 0 aromatic heterocycles. The third kappa shape index (κ3) is 9.36. The Morgan fingerprint density at radius 2 is 2.06 bits per heavy atom. The van der Waals surface area contributed by atoms with Crippen LogP contribution in [-0.4, -0.2) is 34.6 Å². The van der Waals surface area contributed by atoms with Crippen molar-refractivity contribution in [3.05, 3.63) is 11.6 Å². The van der Waals surface area contributed by atoms with Crippen LogP contribution in [-0.2, 0) is 14.1 Å². The average Bonchev–Trinajstić information content (AvgIpc) is 2.21. The molecule has 0 spiro atoms. The van der Waals surface area contributed by atoms with Gasteiger partial charge in [-0.1, -0.05) is 31.4 Å². The summed E-state index contributed by atoms with van der Waals surface area (Å²) in [5.41, 5.74) is 5.92.